The van der Waals surface area contributed by atoms with E-state index in [0.717, 1.165) is 17.7 Å². The first-order chi connectivity index (χ1) is 9.15. The van der Waals surface area contributed by atoms with Gasteiger partial charge in [0.25, 0.3) is 5.91 Å². The Balaban J connectivity index is 2.70. The summed E-state index contributed by atoms with van der Waals surface area (Å²) in [5.74, 6) is 0.699. The van der Waals surface area contributed by atoms with E-state index in [4.69, 9.17) is 4.74 Å². The van der Waals surface area contributed by atoms with Gasteiger partial charge in [-0.1, -0.05) is 45.9 Å². The predicted octanol–water partition coefficient (Wildman–Crippen LogP) is 3.67. The Morgan fingerprint density at radius 2 is 1.75 bits per heavy atom. The molecule has 0 aliphatic rings. The van der Waals surface area contributed by atoms with Gasteiger partial charge >= 0.3 is 0 Å². The van der Waals surface area contributed by atoms with Crippen molar-refractivity contribution >= 4 is 5.91 Å². The molecule has 112 valence electrons. The number of carbonyl (C=O) groups is 1. The molecule has 0 saturated carbocycles. The minimum Gasteiger partial charge on any atom is -0.483 e. The molecule has 1 N–H and O–H groups in total. The SMILES string of the molecule is CCC(C)(C)NC(=O)COc1ccccc1C(C)(C)C. The Bertz CT molecular complexity index is 458. The highest BCUT2D eigenvalue weighted by Gasteiger charge is 2.21. The van der Waals surface area contributed by atoms with Crippen LogP contribution in [0.3, 0.4) is 0 Å². The standard InChI is InChI=1S/C17H27NO2/c1-7-17(5,6)18-15(19)12-20-14-11-9-8-10-13(14)16(2,3)4/h8-11H,7,12H2,1-6H3,(H,18,19). The van der Waals surface area contributed by atoms with Crippen molar-refractivity contribution in [3.63, 3.8) is 0 Å². The average Bonchev–Trinajstić information content (AvgIpc) is 2.35. The van der Waals surface area contributed by atoms with Gasteiger partial charge in [0.1, 0.15) is 5.75 Å². The topological polar surface area (TPSA) is 38.3 Å². The average molecular weight is 277 g/mol. The predicted molar refractivity (Wildman–Crippen MR) is 83.1 cm³/mol. The molecule has 0 atom stereocenters. The third-order valence-corrected chi connectivity index (χ3v) is 3.42. The molecule has 0 saturated heterocycles. The van der Waals surface area contributed by atoms with Crippen LogP contribution in [0.1, 0.15) is 53.5 Å². The summed E-state index contributed by atoms with van der Waals surface area (Å²) in [5, 5.41) is 2.97. The zero-order valence-electron chi connectivity index (χ0n) is 13.5. The largest absolute Gasteiger partial charge is 0.483 e. The molecule has 1 rings (SSSR count). The smallest absolute Gasteiger partial charge is 0.258 e. The molecule has 0 heterocycles. The van der Waals surface area contributed by atoms with Crippen LogP contribution in [0, 0.1) is 0 Å². The second kappa shape index (κ2) is 6.29. The first-order valence-electron chi connectivity index (χ1n) is 7.19. The first kappa shape index (κ1) is 16.5. The van der Waals surface area contributed by atoms with E-state index in [9.17, 15) is 4.79 Å². The van der Waals surface area contributed by atoms with E-state index in [0.29, 0.717) is 0 Å². The molecule has 0 radical (unpaired) electrons. The zero-order chi connectivity index (χ0) is 15.4. The van der Waals surface area contributed by atoms with Crippen molar-refractivity contribution in [1.82, 2.24) is 5.32 Å². The van der Waals surface area contributed by atoms with E-state index in [1.165, 1.54) is 0 Å². The van der Waals surface area contributed by atoms with E-state index < -0.39 is 0 Å². The molecular weight excluding hydrogens is 250 g/mol. The van der Waals surface area contributed by atoms with Crippen LogP contribution in [0.4, 0.5) is 0 Å². The molecule has 0 unspecified atom stereocenters. The third-order valence-electron chi connectivity index (χ3n) is 3.42. The van der Waals surface area contributed by atoms with Gasteiger partial charge in [-0.15, -0.1) is 0 Å². The number of nitrogens with one attached hydrogen (secondary N) is 1. The van der Waals surface area contributed by atoms with Gasteiger partial charge in [0, 0.05) is 5.54 Å². The van der Waals surface area contributed by atoms with Crippen LogP contribution < -0.4 is 10.1 Å². The lowest BCUT2D eigenvalue weighted by Gasteiger charge is -2.25. The fraction of sp³-hybridized carbons (Fsp3) is 0.588. The summed E-state index contributed by atoms with van der Waals surface area (Å²) >= 11 is 0. The highest BCUT2D eigenvalue weighted by atomic mass is 16.5. The number of ether oxygens (including phenoxy) is 1. The van der Waals surface area contributed by atoms with Gasteiger partial charge in [-0.3, -0.25) is 4.79 Å². The number of amides is 1. The molecule has 0 fully saturated rings. The molecule has 1 amide bonds. The van der Waals surface area contributed by atoms with Gasteiger partial charge in [-0.25, -0.2) is 0 Å². The quantitative estimate of drug-likeness (QED) is 0.892. The van der Waals surface area contributed by atoms with Crippen molar-refractivity contribution < 1.29 is 9.53 Å². The fourth-order valence-corrected chi connectivity index (χ4v) is 1.86. The van der Waals surface area contributed by atoms with E-state index in [2.05, 4.69) is 33.0 Å². The Hall–Kier alpha value is -1.51. The maximum Gasteiger partial charge on any atom is 0.258 e. The first-order valence-corrected chi connectivity index (χ1v) is 7.19. The molecule has 3 nitrogen and oxygen atoms in total. The van der Waals surface area contributed by atoms with Gasteiger partial charge in [0.2, 0.25) is 0 Å². The molecule has 0 bridgehead atoms. The summed E-state index contributed by atoms with van der Waals surface area (Å²) in [6.07, 6.45) is 0.886. The summed E-state index contributed by atoms with van der Waals surface area (Å²) in [5.41, 5.74) is 0.919. The molecule has 20 heavy (non-hydrogen) atoms. The molecule has 1 aromatic carbocycles. The molecule has 0 aliphatic heterocycles. The van der Waals surface area contributed by atoms with Gasteiger partial charge in [-0.2, -0.15) is 0 Å². The van der Waals surface area contributed by atoms with Gasteiger partial charge in [0.15, 0.2) is 6.61 Å². The van der Waals surface area contributed by atoms with E-state index >= 15 is 0 Å². The van der Waals surface area contributed by atoms with Crippen molar-refractivity contribution in [2.45, 2.75) is 58.9 Å². The maximum atomic E-state index is 11.9. The van der Waals surface area contributed by atoms with Crippen LogP contribution in [0.25, 0.3) is 0 Å². The lowest BCUT2D eigenvalue weighted by atomic mass is 9.86. The monoisotopic (exact) mass is 277 g/mol. The maximum absolute atomic E-state index is 11.9. The van der Waals surface area contributed by atoms with Gasteiger partial charge < -0.3 is 10.1 Å². The number of benzene rings is 1. The van der Waals surface area contributed by atoms with Crippen LogP contribution in [0.2, 0.25) is 0 Å². The van der Waals surface area contributed by atoms with E-state index in [-0.39, 0.29) is 23.5 Å². The van der Waals surface area contributed by atoms with Crippen LogP contribution in [-0.2, 0) is 10.2 Å². The van der Waals surface area contributed by atoms with Crippen LogP contribution in [-0.4, -0.2) is 18.1 Å². The minimum absolute atomic E-state index is 0.00421. The molecular formula is C17H27NO2. The van der Waals surface area contributed by atoms with E-state index in [1.54, 1.807) is 0 Å². The molecule has 1 aromatic rings. The summed E-state index contributed by atoms with van der Waals surface area (Å²) in [4.78, 5) is 11.9. The molecule has 0 spiro atoms. The Labute approximate surface area is 122 Å². The van der Waals surface area contributed by atoms with Crippen molar-refractivity contribution in [3.05, 3.63) is 29.8 Å². The van der Waals surface area contributed by atoms with Crippen molar-refractivity contribution in [1.29, 1.82) is 0 Å². The van der Waals surface area contributed by atoms with Crippen LogP contribution >= 0.6 is 0 Å². The van der Waals surface area contributed by atoms with Gasteiger partial charge in [-0.05, 0) is 37.3 Å². The van der Waals surface area contributed by atoms with Crippen molar-refractivity contribution in [2.24, 2.45) is 0 Å². The van der Waals surface area contributed by atoms with Crippen molar-refractivity contribution in [3.8, 4) is 5.75 Å². The van der Waals surface area contributed by atoms with Crippen molar-refractivity contribution in [2.75, 3.05) is 6.61 Å². The number of para-hydroxylation sites is 1. The summed E-state index contributed by atoms with van der Waals surface area (Å²) in [6.45, 7) is 12.5. The molecule has 0 aliphatic carbocycles. The normalized spacial score (nSPS) is 12.1. The van der Waals surface area contributed by atoms with Crippen LogP contribution in [0.5, 0.6) is 5.75 Å². The Morgan fingerprint density at radius 3 is 2.30 bits per heavy atom. The lowest BCUT2D eigenvalue weighted by molar-refractivity contribution is -0.124. The third kappa shape index (κ3) is 4.87. The molecule has 3 heteroatoms. The lowest BCUT2D eigenvalue weighted by Crippen LogP contribution is -2.45. The van der Waals surface area contributed by atoms with E-state index in [1.807, 2.05) is 38.1 Å². The zero-order valence-corrected chi connectivity index (χ0v) is 13.5. The Kier molecular flexibility index (Phi) is 5.21. The number of hydrogen-bond acceptors (Lipinski definition) is 2. The molecule has 0 aromatic heterocycles. The second-order valence-corrected chi connectivity index (χ2v) is 6.82. The highest BCUT2D eigenvalue weighted by Crippen LogP contribution is 2.30. The fourth-order valence-electron chi connectivity index (χ4n) is 1.86. The van der Waals surface area contributed by atoms with Gasteiger partial charge in [0.05, 0.1) is 0 Å². The minimum atomic E-state index is -0.190. The number of hydrogen-bond donors (Lipinski definition) is 1. The summed E-state index contributed by atoms with van der Waals surface area (Å²) in [6, 6.07) is 7.88. The number of rotatable bonds is 5. The second-order valence-electron chi connectivity index (χ2n) is 6.82. The van der Waals surface area contributed by atoms with Crippen LogP contribution in [0.15, 0.2) is 24.3 Å². The number of carbonyl (C=O) groups excluding carboxylic acids is 1. The highest BCUT2D eigenvalue weighted by molar-refractivity contribution is 5.78. The Morgan fingerprint density at radius 1 is 1.15 bits per heavy atom. The summed E-state index contributed by atoms with van der Waals surface area (Å²) < 4.78 is 5.70. The summed E-state index contributed by atoms with van der Waals surface area (Å²) in [7, 11) is 0.